The summed E-state index contributed by atoms with van der Waals surface area (Å²) < 4.78 is 2.12. The van der Waals surface area contributed by atoms with Crippen molar-refractivity contribution >= 4 is 5.91 Å². The molecule has 0 spiro atoms. The van der Waals surface area contributed by atoms with Crippen LogP contribution in [0.3, 0.4) is 0 Å². The highest BCUT2D eigenvalue weighted by molar-refractivity contribution is 5.81. The van der Waals surface area contributed by atoms with Crippen LogP contribution in [0.4, 0.5) is 0 Å². The molecule has 1 atom stereocenters. The molecule has 0 radical (unpaired) electrons. The zero-order chi connectivity index (χ0) is 16.1. The first-order chi connectivity index (χ1) is 11.2. The second-order valence-corrected chi connectivity index (χ2v) is 6.13. The second kappa shape index (κ2) is 7.42. The van der Waals surface area contributed by atoms with Gasteiger partial charge in [0.05, 0.1) is 12.6 Å². The van der Waals surface area contributed by atoms with Crippen molar-refractivity contribution in [1.29, 1.82) is 0 Å². The summed E-state index contributed by atoms with van der Waals surface area (Å²) in [6.45, 7) is 2.37. The standard InChI is InChI=1S/C18H24N4O/c1-21-11-5-8-16(21)18(23)20-14-17-19-10-13-22(17)12-9-15-6-3-2-4-7-15/h2-4,6-7,10,13,16H,5,8-9,11-12,14H2,1H3,(H,20,23)/t16-/m0/s1. The third-order valence-electron chi connectivity index (χ3n) is 4.53. The summed E-state index contributed by atoms with van der Waals surface area (Å²) in [5.41, 5.74) is 1.31. The summed E-state index contributed by atoms with van der Waals surface area (Å²) in [6, 6.07) is 10.4. The van der Waals surface area contributed by atoms with Crippen LogP contribution in [-0.2, 0) is 24.3 Å². The van der Waals surface area contributed by atoms with E-state index in [0.29, 0.717) is 6.54 Å². The molecule has 2 heterocycles. The Morgan fingerprint density at radius 1 is 1.35 bits per heavy atom. The number of carbonyl (C=O) groups is 1. The molecule has 5 nitrogen and oxygen atoms in total. The van der Waals surface area contributed by atoms with Crippen LogP contribution in [0.1, 0.15) is 24.2 Å². The number of likely N-dealkylation sites (N-methyl/N-ethyl adjacent to an activating group) is 1. The van der Waals surface area contributed by atoms with Gasteiger partial charge >= 0.3 is 0 Å². The number of aryl methyl sites for hydroxylation is 2. The minimum Gasteiger partial charge on any atom is -0.348 e. The number of aromatic nitrogens is 2. The minimum atomic E-state index is 0.0164. The van der Waals surface area contributed by atoms with E-state index >= 15 is 0 Å². The van der Waals surface area contributed by atoms with Gasteiger partial charge in [-0.2, -0.15) is 0 Å². The lowest BCUT2D eigenvalue weighted by molar-refractivity contribution is -0.125. The summed E-state index contributed by atoms with van der Waals surface area (Å²) in [5.74, 6) is 1.03. The van der Waals surface area contributed by atoms with Crippen LogP contribution in [0.25, 0.3) is 0 Å². The number of nitrogens with zero attached hydrogens (tertiary/aromatic N) is 3. The topological polar surface area (TPSA) is 50.2 Å². The normalized spacial score (nSPS) is 18.2. The number of rotatable bonds is 6. The molecule has 5 heteroatoms. The quantitative estimate of drug-likeness (QED) is 0.885. The number of likely N-dealkylation sites (tertiary alicyclic amines) is 1. The van der Waals surface area contributed by atoms with Gasteiger partial charge in [-0.05, 0) is 38.4 Å². The van der Waals surface area contributed by atoms with Crippen molar-refractivity contribution < 1.29 is 4.79 Å². The van der Waals surface area contributed by atoms with Crippen LogP contribution in [0.15, 0.2) is 42.7 Å². The fourth-order valence-corrected chi connectivity index (χ4v) is 3.13. The molecule has 1 aliphatic rings. The van der Waals surface area contributed by atoms with E-state index in [1.807, 2.05) is 19.3 Å². The van der Waals surface area contributed by atoms with E-state index < -0.39 is 0 Å². The van der Waals surface area contributed by atoms with Gasteiger partial charge in [0.15, 0.2) is 0 Å². The smallest absolute Gasteiger partial charge is 0.237 e. The van der Waals surface area contributed by atoms with Crippen molar-refractivity contribution in [3.05, 3.63) is 54.1 Å². The molecule has 2 aromatic rings. The number of hydrogen-bond acceptors (Lipinski definition) is 3. The van der Waals surface area contributed by atoms with Crippen molar-refractivity contribution in [2.75, 3.05) is 13.6 Å². The molecule has 1 amide bonds. The number of imidazole rings is 1. The first kappa shape index (κ1) is 15.7. The summed E-state index contributed by atoms with van der Waals surface area (Å²) >= 11 is 0. The van der Waals surface area contributed by atoms with Gasteiger partial charge < -0.3 is 9.88 Å². The van der Waals surface area contributed by atoms with Crippen LogP contribution in [0.2, 0.25) is 0 Å². The Balaban J connectivity index is 1.53. The Morgan fingerprint density at radius 3 is 2.91 bits per heavy atom. The van der Waals surface area contributed by atoms with E-state index in [1.54, 1.807) is 6.20 Å². The van der Waals surface area contributed by atoms with E-state index in [0.717, 1.165) is 38.2 Å². The summed E-state index contributed by atoms with van der Waals surface area (Å²) in [4.78, 5) is 18.8. The third-order valence-corrected chi connectivity index (χ3v) is 4.53. The van der Waals surface area contributed by atoms with Gasteiger partial charge in [-0.25, -0.2) is 4.98 Å². The average molecular weight is 312 g/mol. The van der Waals surface area contributed by atoms with E-state index in [4.69, 9.17) is 0 Å². The molecular formula is C18H24N4O. The number of nitrogens with one attached hydrogen (secondary N) is 1. The van der Waals surface area contributed by atoms with Gasteiger partial charge in [0, 0.05) is 18.9 Å². The predicted molar refractivity (Wildman–Crippen MR) is 89.9 cm³/mol. The molecule has 1 aromatic heterocycles. The lowest BCUT2D eigenvalue weighted by Crippen LogP contribution is -2.41. The molecule has 0 bridgehead atoms. The lowest BCUT2D eigenvalue weighted by atomic mass is 10.1. The van der Waals surface area contributed by atoms with E-state index in [1.165, 1.54) is 5.56 Å². The molecule has 0 unspecified atom stereocenters. The van der Waals surface area contributed by atoms with Crippen molar-refractivity contribution in [3.8, 4) is 0 Å². The highest BCUT2D eigenvalue weighted by atomic mass is 16.2. The van der Waals surface area contributed by atoms with Crippen LogP contribution in [0.5, 0.6) is 0 Å². The molecule has 1 saturated heterocycles. The van der Waals surface area contributed by atoms with Gasteiger partial charge in [0.25, 0.3) is 0 Å². The van der Waals surface area contributed by atoms with Crippen molar-refractivity contribution in [3.63, 3.8) is 0 Å². The maximum absolute atomic E-state index is 12.3. The Morgan fingerprint density at radius 2 is 2.17 bits per heavy atom. The predicted octanol–water partition coefficient (Wildman–Crippen LogP) is 1.84. The largest absolute Gasteiger partial charge is 0.348 e. The maximum Gasteiger partial charge on any atom is 0.237 e. The zero-order valence-electron chi connectivity index (χ0n) is 13.6. The van der Waals surface area contributed by atoms with Gasteiger partial charge in [0.1, 0.15) is 5.82 Å². The van der Waals surface area contributed by atoms with Crippen molar-refractivity contribution in [2.24, 2.45) is 0 Å². The van der Waals surface area contributed by atoms with Crippen LogP contribution in [-0.4, -0.2) is 40.0 Å². The first-order valence-corrected chi connectivity index (χ1v) is 8.26. The van der Waals surface area contributed by atoms with Gasteiger partial charge in [-0.1, -0.05) is 30.3 Å². The van der Waals surface area contributed by atoms with Crippen LogP contribution in [0, 0.1) is 0 Å². The average Bonchev–Trinajstić information content (AvgIpc) is 3.20. The Kier molecular flexibility index (Phi) is 5.08. The number of carbonyl (C=O) groups excluding carboxylic acids is 1. The Labute approximate surface area is 137 Å². The zero-order valence-corrected chi connectivity index (χ0v) is 13.6. The Hall–Kier alpha value is -2.14. The second-order valence-electron chi connectivity index (χ2n) is 6.13. The van der Waals surface area contributed by atoms with Gasteiger partial charge in [0.2, 0.25) is 5.91 Å². The van der Waals surface area contributed by atoms with E-state index in [9.17, 15) is 4.79 Å². The molecule has 3 rings (SSSR count). The van der Waals surface area contributed by atoms with Crippen molar-refractivity contribution in [1.82, 2.24) is 19.8 Å². The fourth-order valence-electron chi connectivity index (χ4n) is 3.13. The molecule has 1 aromatic carbocycles. The van der Waals surface area contributed by atoms with E-state index in [-0.39, 0.29) is 11.9 Å². The minimum absolute atomic E-state index is 0.0164. The molecule has 1 aliphatic heterocycles. The molecule has 0 saturated carbocycles. The molecular weight excluding hydrogens is 288 g/mol. The van der Waals surface area contributed by atoms with E-state index in [2.05, 4.69) is 44.0 Å². The molecule has 1 fully saturated rings. The monoisotopic (exact) mass is 312 g/mol. The maximum atomic E-state index is 12.3. The summed E-state index contributed by atoms with van der Waals surface area (Å²) in [7, 11) is 2.01. The van der Waals surface area contributed by atoms with Crippen LogP contribution < -0.4 is 5.32 Å². The summed E-state index contributed by atoms with van der Waals surface area (Å²) in [5, 5.41) is 3.03. The van der Waals surface area contributed by atoms with Gasteiger partial charge in [-0.15, -0.1) is 0 Å². The molecule has 1 N–H and O–H groups in total. The van der Waals surface area contributed by atoms with Gasteiger partial charge in [-0.3, -0.25) is 9.69 Å². The lowest BCUT2D eigenvalue weighted by Gasteiger charge is -2.18. The Bertz CT molecular complexity index is 637. The number of hydrogen-bond donors (Lipinski definition) is 1. The SMILES string of the molecule is CN1CCC[C@H]1C(=O)NCc1nccn1CCc1ccccc1. The number of benzene rings is 1. The number of amides is 1. The van der Waals surface area contributed by atoms with Crippen LogP contribution >= 0.6 is 0 Å². The third kappa shape index (κ3) is 3.99. The summed E-state index contributed by atoms with van der Waals surface area (Å²) in [6.07, 6.45) is 6.79. The van der Waals surface area contributed by atoms with Crippen molar-refractivity contribution in [2.45, 2.75) is 38.4 Å². The fraction of sp³-hybridized carbons (Fsp3) is 0.444. The highest BCUT2D eigenvalue weighted by Gasteiger charge is 2.27. The first-order valence-electron chi connectivity index (χ1n) is 8.26. The highest BCUT2D eigenvalue weighted by Crippen LogP contribution is 2.14. The molecule has 122 valence electrons. The molecule has 23 heavy (non-hydrogen) atoms. The molecule has 0 aliphatic carbocycles.